The number of likely N-dealkylation sites (N-methyl/N-ethyl adjacent to an activating group) is 1. The maximum Gasteiger partial charge on any atom is 0.244 e. The summed E-state index contributed by atoms with van der Waals surface area (Å²) in [5.74, 6) is 0.153. The fraction of sp³-hybridized carbons (Fsp3) is 0.636. The van der Waals surface area contributed by atoms with Crippen LogP contribution in [-0.4, -0.2) is 46.3 Å². The highest BCUT2D eigenvalue weighted by Crippen LogP contribution is 2.09. The maximum absolute atomic E-state index is 12.1. The predicted octanol–water partition coefficient (Wildman–Crippen LogP) is 0.0935. The molecule has 1 atom stereocenters. The van der Waals surface area contributed by atoms with E-state index < -0.39 is 0 Å². The second kappa shape index (κ2) is 5.12. The second-order valence-corrected chi connectivity index (χ2v) is 4.03. The van der Waals surface area contributed by atoms with E-state index in [2.05, 4.69) is 10.4 Å². The summed E-state index contributed by atoms with van der Waals surface area (Å²) < 4.78 is 1.67. The molecule has 1 aliphatic heterocycles. The van der Waals surface area contributed by atoms with Gasteiger partial charge in [0.05, 0.1) is 0 Å². The first kappa shape index (κ1) is 11.1. The third-order valence-corrected chi connectivity index (χ3v) is 2.99. The highest BCUT2D eigenvalue weighted by molar-refractivity contribution is 5.76. The van der Waals surface area contributed by atoms with Gasteiger partial charge >= 0.3 is 0 Å². The van der Waals surface area contributed by atoms with Gasteiger partial charge in [-0.15, -0.1) is 0 Å². The van der Waals surface area contributed by atoms with Gasteiger partial charge in [-0.1, -0.05) is 0 Å². The average Bonchev–Trinajstić information content (AvgIpc) is 2.91. The zero-order valence-electron chi connectivity index (χ0n) is 9.59. The van der Waals surface area contributed by atoms with Gasteiger partial charge in [-0.05, 0) is 26.0 Å². The van der Waals surface area contributed by atoms with Crippen LogP contribution in [0.4, 0.5) is 0 Å². The van der Waals surface area contributed by atoms with E-state index >= 15 is 0 Å². The zero-order valence-corrected chi connectivity index (χ0v) is 9.59. The Morgan fingerprint density at radius 2 is 2.56 bits per heavy atom. The number of rotatable bonds is 4. The highest BCUT2D eigenvalue weighted by Gasteiger charge is 2.25. The fourth-order valence-electron chi connectivity index (χ4n) is 2.17. The van der Waals surface area contributed by atoms with E-state index in [0.717, 1.165) is 26.1 Å². The maximum atomic E-state index is 12.1. The van der Waals surface area contributed by atoms with E-state index in [-0.39, 0.29) is 5.91 Å². The van der Waals surface area contributed by atoms with Crippen LogP contribution in [0.2, 0.25) is 0 Å². The summed E-state index contributed by atoms with van der Waals surface area (Å²) in [6, 6.07) is 2.19. The first-order chi connectivity index (χ1) is 7.81. The molecule has 0 saturated carbocycles. The van der Waals surface area contributed by atoms with Crippen LogP contribution in [-0.2, 0) is 11.3 Å². The fourth-order valence-corrected chi connectivity index (χ4v) is 2.17. The van der Waals surface area contributed by atoms with Crippen LogP contribution < -0.4 is 5.32 Å². The number of hydrogen-bond donors (Lipinski definition) is 1. The second-order valence-electron chi connectivity index (χ2n) is 4.03. The molecule has 1 saturated heterocycles. The highest BCUT2D eigenvalue weighted by atomic mass is 16.2. The monoisotopic (exact) mass is 222 g/mol. The number of amides is 1. The topological polar surface area (TPSA) is 50.2 Å². The van der Waals surface area contributed by atoms with Crippen LogP contribution in [0.15, 0.2) is 18.5 Å². The minimum absolute atomic E-state index is 0.153. The lowest BCUT2D eigenvalue weighted by molar-refractivity contribution is -0.133. The van der Waals surface area contributed by atoms with E-state index in [1.54, 1.807) is 10.9 Å². The van der Waals surface area contributed by atoms with Crippen molar-refractivity contribution in [1.82, 2.24) is 20.0 Å². The number of nitrogens with one attached hydrogen (secondary N) is 1. The summed E-state index contributed by atoms with van der Waals surface area (Å²) in [6.45, 7) is 5.07. The van der Waals surface area contributed by atoms with Crippen LogP contribution in [0.3, 0.4) is 0 Å². The van der Waals surface area contributed by atoms with E-state index in [1.807, 2.05) is 24.1 Å². The first-order valence-corrected chi connectivity index (χ1v) is 5.79. The number of aromatic nitrogens is 2. The van der Waals surface area contributed by atoms with Crippen LogP contribution in [0.5, 0.6) is 0 Å². The SMILES string of the molecule is CCN(C(=O)Cn1cccn1)C1CCNC1. The molecule has 0 bridgehead atoms. The average molecular weight is 222 g/mol. The van der Waals surface area contributed by atoms with E-state index in [9.17, 15) is 4.79 Å². The molecule has 2 heterocycles. The number of hydrogen-bond acceptors (Lipinski definition) is 3. The predicted molar refractivity (Wildman–Crippen MR) is 60.9 cm³/mol. The van der Waals surface area contributed by atoms with Crippen molar-refractivity contribution in [3.8, 4) is 0 Å². The van der Waals surface area contributed by atoms with Crippen molar-refractivity contribution in [2.75, 3.05) is 19.6 Å². The van der Waals surface area contributed by atoms with Crippen molar-refractivity contribution < 1.29 is 4.79 Å². The van der Waals surface area contributed by atoms with Gasteiger partial charge in [-0.2, -0.15) is 5.10 Å². The third kappa shape index (κ3) is 2.41. The number of nitrogens with zero attached hydrogens (tertiary/aromatic N) is 3. The summed E-state index contributed by atoms with van der Waals surface area (Å²) >= 11 is 0. The Balaban J connectivity index is 1.95. The van der Waals surface area contributed by atoms with Crippen molar-refractivity contribution >= 4 is 5.91 Å². The first-order valence-electron chi connectivity index (χ1n) is 5.79. The van der Waals surface area contributed by atoms with Crippen LogP contribution in [0.25, 0.3) is 0 Å². The van der Waals surface area contributed by atoms with Gasteiger partial charge in [-0.3, -0.25) is 9.48 Å². The minimum Gasteiger partial charge on any atom is -0.337 e. The van der Waals surface area contributed by atoms with E-state index in [0.29, 0.717) is 12.6 Å². The Hall–Kier alpha value is -1.36. The van der Waals surface area contributed by atoms with Gasteiger partial charge in [-0.25, -0.2) is 0 Å². The molecule has 1 unspecified atom stereocenters. The molecule has 0 aromatic carbocycles. The largest absolute Gasteiger partial charge is 0.337 e. The Labute approximate surface area is 95.4 Å². The van der Waals surface area contributed by atoms with E-state index in [4.69, 9.17) is 0 Å². The molecule has 0 radical (unpaired) electrons. The lowest BCUT2D eigenvalue weighted by Gasteiger charge is -2.27. The van der Waals surface area contributed by atoms with Crippen molar-refractivity contribution in [1.29, 1.82) is 0 Å². The van der Waals surface area contributed by atoms with Gasteiger partial charge in [0.15, 0.2) is 0 Å². The van der Waals surface area contributed by atoms with Gasteiger partial charge in [0.2, 0.25) is 5.91 Å². The molecular weight excluding hydrogens is 204 g/mol. The Bertz CT molecular complexity index is 330. The van der Waals surface area contributed by atoms with Gasteiger partial charge in [0, 0.05) is 31.5 Å². The quantitative estimate of drug-likeness (QED) is 0.785. The molecule has 5 heteroatoms. The van der Waals surface area contributed by atoms with Gasteiger partial charge in [0.1, 0.15) is 6.54 Å². The zero-order chi connectivity index (χ0) is 11.4. The molecular formula is C11H18N4O. The molecule has 1 fully saturated rings. The lowest BCUT2D eigenvalue weighted by Crippen LogP contribution is -2.43. The normalized spacial score (nSPS) is 19.9. The minimum atomic E-state index is 0.153. The lowest BCUT2D eigenvalue weighted by atomic mass is 10.2. The Morgan fingerprint density at radius 1 is 1.69 bits per heavy atom. The smallest absolute Gasteiger partial charge is 0.244 e. The molecule has 88 valence electrons. The summed E-state index contributed by atoms with van der Waals surface area (Å²) in [4.78, 5) is 14.0. The van der Waals surface area contributed by atoms with Crippen LogP contribution in [0.1, 0.15) is 13.3 Å². The van der Waals surface area contributed by atoms with Crippen molar-refractivity contribution in [3.05, 3.63) is 18.5 Å². The summed E-state index contributed by atoms with van der Waals surface area (Å²) in [5, 5.41) is 7.34. The van der Waals surface area contributed by atoms with Gasteiger partial charge < -0.3 is 10.2 Å². The molecule has 1 N–H and O–H groups in total. The third-order valence-electron chi connectivity index (χ3n) is 2.99. The van der Waals surface area contributed by atoms with Crippen molar-refractivity contribution in [3.63, 3.8) is 0 Å². The summed E-state index contributed by atoms with van der Waals surface area (Å²) in [5.41, 5.74) is 0. The number of carbonyl (C=O) groups excluding carboxylic acids is 1. The molecule has 5 nitrogen and oxygen atoms in total. The standard InChI is InChI=1S/C11H18N4O/c1-2-15(10-4-6-12-8-10)11(16)9-14-7-3-5-13-14/h3,5,7,10,12H,2,4,6,8-9H2,1H3. The van der Waals surface area contributed by atoms with Crippen LogP contribution in [0, 0.1) is 0 Å². The Kier molecular flexibility index (Phi) is 3.56. The molecule has 2 rings (SSSR count). The molecule has 1 aromatic rings. The number of carbonyl (C=O) groups is 1. The Morgan fingerprint density at radius 3 is 3.12 bits per heavy atom. The van der Waals surface area contributed by atoms with Crippen molar-refractivity contribution in [2.45, 2.75) is 25.9 Å². The molecule has 1 aliphatic rings. The molecule has 1 aromatic heterocycles. The van der Waals surface area contributed by atoms with E-state index in [1.165, 1.54) is 0 Å². The summed E-state index contributed by atoms with van der Waals surface area (Å²) in [6.07, 6.45) is 4.57. The molecule has 1 amide bonds. The molecule has 0 aliphatic carbocycles. The van der Waals surface area contributed by atoms with Crippen LogP contribution >= 0.6 is 0 Å². The van der Waals surface area contributed by atoms with Crippen molar-refractivity contribution in [2.24, 2.45) is 0 Å². The molecule has 16 heavy (non-hydrogen) atoms. The van der Waals surface area contributed by atoms with Gasteiger partial charge in [0.25, 0.3) is 0 Å². The summed E-state index contributed by atoms with van der Waals surface area (Å²) in [7, 11) is 0. The molecule has 0 spiro atoms.